The Hall–Kier alpha value is -1.46. The van der Waals surface area contributed by atoms with Crippen LogP contribution in [0.2, 0.25) is 0 Å². The van der Waals surface area contributed by atoms with Gasteiger partial charge in [-0.15, -0.1) is 11.3 Å². The summed E-state index contributed by atoms with van der Waals surface area (Å²) in [7, 11) is 1.39. The van der Waals surface area contributed by atoms with Gasteiger partial charge in [0.1, 0.15) is 17.4 Å². The number of thiophene rings is 1. The number of halogens is 2. The molecule has 1 heterocycles. The van der Waals surface area contributed by atoms with Crippen LogP contribution in [0.25, 0.3) is 0 Å². The zero-order chi connectivity index (χ0) is 14.7. The summed E-state index contributed by atoms with van der Waals surface area (Å²) in [5.41, 5.74) is 0.0366. The molecule has 0 amide bonds. The minimum atomic E-state index is -0.598. The average Bonchev–Trinajstić information content (AvgIpc) is 2.83. The third-order valence-electron chi connectivity index (χ3n) is 3.03. The molecule has 1 aromatic carbocycles. The van der Waals surface area contributed by atoms with Gasteiger partial charge in [0.2, 0.25) is 0 Å². The van der Waals surface area contributed by atoms with Gasteiger partial charge in [-0.1, -0.05) is 6.92 Å². The van der Waals surface area contributed by atoms with E-state index in [4.69, 9.17) is 4.74 Å². The first kappa shape index (κ1) is 14.9. The van der Waals surface area contributed by atoms with Gasteiger partial charge in [-0.2, -0.15) is 0 Å². The van der Waals surface area contributed by atoms with Gasteiger partial charge in [0, 0.05) is 27.5 Å². The summed E-state index contributed by atoms with van der Waals surface area (Å²) in [6, 6.07) is 5.79. The molecule has 1 atom stereocenters. The first-order valence-electron chi connectivity index (χ1n) is 6.39. The second kappa shape index (κ2) is 6.33. The fraction of sp³-hybridized carbons (Fsp3) is 0.333. The normalized spacial score (nSPS) is 12.4. The molecule has 0 aliphatic carbocycles. The highest BCUT2D eigenvalue weighted by Crippen LogP contribution is 2.33. The SMILES string of the molecule is CCNC(c1ccc(C)s1)c1c(F)cc(OC)cc1F. The van der Waals surface area contributed by atoms with E-state index >= 15 is 0 Å². The van der Waals surface area contributed by atoms with Gasteiger partial charge >= 0.3 is 0 Å². The molecule has 0 bridgehead atoms. The van der Waals surface area contributed by atoms with Gasteiger partial charge in [-0.3, -0.25) is 0 Å². The number of hydrogen-bond acceptors (Lipinski definition) is 3. The Labute approximate surface area is 121 Å². The standard InChI is InChI=1S/C15H17F2NOS/c1-4-18-15(13-6-5-9(2)20-13)14-11(16)7-10(19-3)8-12(14)17/h5-8,15,18H,4H2,1-3H3. The zero-order valence-electron chi connectivity index (χ0n) is 11.7. The molecule has 0 aliphatic heterocycles. The maximum absolute atomic E-state index is 14.2. The summed E-state index contributed by atoms with van der Waals surface area (Å²) in [5.74, 6) is -1.01. The monoisotopic (exact) mass is 297 g/mol. The van der Waals surface area contributed by atoms with Gasteiger partial charge in [0.25, 0.3) is 0 Å². The number of nitrogens with one attached hydrogen (secondary N) is 1. The van der Waals surface area contributed by atoms with Crippen LogP contribution in [0.3, 0.4) is 0 Å². The molecule has 0 fully saturated rings. The predicted octanol–water partition coefficient (Wildman–Crippen LogP) is 4.04. The van der Waals surface area contributed by atoms with Crippen molar-refractivity contribution in [3.8, 4) is 5.75 Å². The van der Waals surface area contributed by atoms with E-state index < -0.39 is 17.7 Å². The summed E-state index contributed by atoms with van der Waals surface area (Å²) in [6.45, 7) is 4.50. The van der Waals surface area contributed by atoms with E-state index in [9.17, 15) is 8.78 Å². The Balaban J connectivity index is 2.49. The van der Waals surface area contributed by atoms with Crippen molar-refractivity contribution in [2.75, 3.05) is 13.7 Å². The van der Waals surface area contributed by atoms with Crippen LogP contribution in [0.4, 0.5) is 8.78 Å². The number of rotatable bonds is 5. The highest BCUT2D eigenvalue weighted by Gasteiger charge is 2.23. The summed E-state index contributed by atoms with van der Waals surface area (Å²) in [5, 5.41) is 3.14. The molecule has 20 heavy (non-hydrogen) atoms. The lowest BCUT2D eigenvalue weighted by Crippen LogP contribution is -2.23. The zero-order valence-corrected chi connectivity index (χ0v) is 12.5. The van der Waals surface area contributed by atoms with Crippen LogP contribution in [0.5, 0.6) is 5.75 Å². The lowest BCUT2D eigenvalue weighted by Gasteiger charge is -2.19. The Bertz CT molecular complexity index is 574. The molecule has 5 heteroatoms. The van der Waals surface area contributed by atoms with Crippen LogP contribution < -0.4 is 10.1 Å². The maximum Gasteiger partial charge on any atom is 0.134 e. The van der Waals surface area contributed by atoms with Crippen molar-refractivity contribution in [3.05, 3.63) is 51.2 Å². The second-order valence-corrected chi connectivity index (χ2v) is 5.76. The van der Waals surface area contributed by atoms with Crippen molar-refractivity contribution in [2.24, 2.45) is 0 Å². The van der Waals surface area contributed by atoms with Crippen LogP contribution in [0, 0.1) is 18.6 Å². The Morgan fingerprint density at radius 3 is 2.35 bits per heavy atom. The molecular formula is C15H17F2NOS. The molecule has 0 spiro atoms. The van der Waals surface area contributed by atoms with Gasteiger partial charge in [0.05, 0.1) is 13.2 Å². The van der Waals surface area contributed by atoms with E-state index in [1.807, 2.05) is 26.0 Å². The maximum atomic E-state index is 14.2. The van der Waals surface area contributed by atoms with E-state index in [1.54, 1.807) is 0 Å². The average molecular weight is 297 g/mol. The molecule has 2 aromatic rings. The number of ether oxygens (including phenoxy) is 1. The summed E-state index contributed by atoms with van der Waals surface area (Å²) >= 11 is 1.53. The van der Waals surface area contributed by atoms with Crippen LogP contribution in [0.1, 0.15) is 28.3 Å². The molecule has 108 valence electrons. The third kappa shape index (κ3) is 2.99. The largest absolute Gasteiger partial charge is 0.497 e. The van der Waals surface area contributed by atoms with Gasteiger partial charge in [0.15, 0.2) is 0 Å². The fourth-order valence-electron chi connectivity index (χ4n) is 2.11. The highest BCUT2D eigenvalue weighted by atomic mass is 32.1. The van der Waals surface area contributed by atoms with E-state index in [1.165, 1.54) is 30.6 Å². The van der Waals surface area contributed by atoms with Crippen LogP contribution in [-0.4, -0.2) is 13.7 Å². The first-order chi connectivity index (χ1) is 9.56. The second-order valence-electron chi connectivity index (χ2n) is 4.44. The predicted molar refractivity (Wildman–Crippen MR) is 77.5 cm³/mol. The topological polar surface area (TPSA) is 21.3 Å². The molecule has 2 nitrogen and oxygen atoms in total. The van der Waals surface area contributed by atoms with Crippen molar-refractivity contribution in [1.82, 2.24) is 5.32 Å². The summed E-state index contributed by atoms with van der Waals surface area (Å²) < 4.78 is 33.3. The lowest BCUT2D eigenvalue weighted by atomic mass is 10.0. The van der Waals surface area contributed by atoms with Crippen molar-refractivity contribution >= 4 is 11.3 Å². The van der Waals surface area contributed by atoms with E-state index in [2.05, 4.69) is 5.32 Å². The van der Waals surface area contributed by atoms with Crippen molar-refractivity contribution in [3.63, 3.8) is 0 Å². The van der Waals surface area contributed by atoms with Gasteiger partial charge < -0.3 is 10.1 Å². The van der Waals surface area contributed by atoms with Crippen molar-refractivity contribution in [2.45, 2.75) is 19.9 Å². The quantitative estimate of drug-likeness (QED) is 0.899. The highest BCUT2D eigenvalue weighted by molar-refractivity contribution is 7.12. The molecule has 0 saturated heterocycles. The number of methoxy groups -OCH3 is 1. The van der Waals surface area contributed by atoms with Crippen LogP contribution in [0.15, 0.2) is 24.3 Å². The third-order valence-corrected chi connectivity index (χ3v) is 4.10. The first-order valence-corrected chi connectivity index (χ1v) is 7.21. The van der Waals surface area contributed by atoms with E-state index in [-0.39, 0.29) is 11.3 Å². The summed E-state index contributed by atoms with van der Waals surface area (Å²) in [6.07, 6.45) is 0. The van der Waals surface area contributed by atoms with Crippen LogP contribution in [-0.2, 0) is 0 Å². The molecule has 0 aliphatic rings. The van der Waals surface area contributed by atoms with Gasteiger partial charge in [-0.25, -0.2) is 8.78 Å². The van der Waals surface area contributed by atoms with E-state index in [0.717, 1.165) is 9.75 Å². The molecule has 1 aromatic heterocycles. The lowest BCUT2D eigenvalue weighted by molar-refractivity contribution is 0.403. The Kier molecular flexibility index (Phi) is 4.73. The molecule has 0 radical (unpaired) electrons. The Morgan fingerprint density at radius 2 is 1.90 bits per heavy atom. The number of hydrogen-bond donors (Lipinski definition) is 1. The van der Waals surface area contributed by atoms with Gasteiger partial charge in [-0.05, 0) is 25.6 Å². The molecule has 0 saturated carbocycles. The molecule has 1 N–H and O–H groups in total. The molecule has 1 unspecified atom stereocenters. The minimum absolute atomic E-state index is 0.0366. The number of aryl methyl sites for hydroxylation is 1. The Morgan fingerprint density at radius 1 is 1.25 bits per heavy atom. The minimum Gasteiger partial charge on any atom is -0.497 e. The van der Waals surface area contributed by atoms with Crippen molar-refractivity contribution < 1.29 is 13.5 Å². The smallest absolute Gasteiger partial charge is 0.134 e. The molecular weight excluding hydrogens is 280 g/mol. The van der Waals surface area contributed by atoms with Crippen molar-refractivity contribution in [1.29, 1.82) is 0 Å². The van der Waals surface area contributed by atoms with Crippen LogP contribution >= 0.6 is 11.3 Å². The molecule has 2 rings (SSSR count). The number of benzene rings is 1. The summed E-state index contributed by atoms with van der Waals surface area (Å²) in [4.78, 5) is 2.00. The van der Waals surface area contributed by atoms with E-state index in [0.29, 0.717) is 6.54 Å². The fourth-order valence-corrected chi connectivity index (χ4v) is 3.08.